The van der Waals surface area contributed by atoms with Crippen molar-refractivity contribution >= 4 is 44.2 Å². The van der Waals surface area contributed by atoms with E-state index in [1.54, 1.807) is 6.92 Å². The Morgan fingerprint density at radius 3 is 2.62 bits per heavy atom. The number of hydrogen-bond donors (Lipinski definition) is 3. The second-order valence-electron chi connectivity index (χ2n) is 5.64. The fourth-order valence-electron chi connectivity index (χ4n) is 2.56. The van der Waals surface area contributed by atoms with Crippen molar-refractivity contribution in [3.63, 3.8) is 0 Å². The molecule has 0 fully saturated rings. The Labute approximate surface area is 153 Å². The zero-order valence-electron chi connectivity index (χ0n) is 13.4. The van der Waals surface area contributed by atoms with Crippen LogP contribution in [0.2, 0.25) is 5.02 Å². The summed E-state index contributed by atoms with van der Waals surface area (Å²) in [4.78, 5) is 25.0. The molecule has 0 atom stereocenters. The van der Waals surface area contributed by atoms with Crippen LogP contribution >= 0.6 is 11.6 Å². The van der Waals surface area contributed by atoms with E-state index in [1.165, 1.54) is 42.5 Å². The molecule has 0 aliphatic rings. The highest BCUT2D eigenvalue weighted by Gasteiger charge is 2.20. The summed E-state index contributed by atoms with van der Waals surface area (Å²) in [5, 5.41) is 9.48. The van der Waals surface area contributed by atoms with Gasteiger partial charge in [-0.25, -0.2) is 13.2 Å². The number of benzene rings is 2. The fraction of sp³-hybridized carbons (Fsp3) is 0.0588. The summed E-state index contributed by atoms with van der Waals surface area (Å²) in [7, 11) is -4.07. The van der Waals surface area contributed by atoms with E-state index < -0.39 is 16.0 Å². The Kier molecular flexibility index (Phi) is 4.47. The van der Waals surface area contributed by atoms with Crippen LogP contribution < -0.4 is 10.3 Å². The van der Waals surface area contributed by atoms with Crippen molar-refractivity contribution in [3.8, 4) is 0 Å². The highest BCUT2D eigenvalue weighted by molar-refractivity contribution is 7.92. The number of H-pyrrole nitrogens is 1. The Bertz CT molecular complexity index is 1200. The third-order valence-corrected chi connectivity index (χ3v) is 5.60. The molecule has 2 aromatic carbocycles. The lowest BCUT2D eigenvalue weighted by Crippen LogP contribution is -2.14. The van der Waals surface area contributed by atoms with Gasteiger partial charge in [-0.1, -0.05) is 17.7 Å². The number of sulfonamides is 1. The number of pyridine rings is 1. The molecule has 9 heteroatoms. The number of aryl methyl sites for hydroxylation is 1. The van der Waals surface area contributed by atoms with Crippen LogP contribution in [0.4, 0.5) is 5.69 Å². The van der Waals surface area contributed by atoms with Gasteiger partial charge < -0.3 is 10.1 Å². The summed E-state index contributed by atoms with van der Waals surface area (Å²) in [6.45, 7) is 1.69. The summed E-state index contributed by atoms with van der Waals surface area (Å²) in [5.74, 6) is -1.17. The third-order valence-electron chi connectivity index (χ3n) is 3.75. The second-order valence-corrected chi connectivity index (χ2v) is 7.69. The summed E-state index contributed by atoms with van der Waals surface area (Å²) in [6, 6.07) is 9.51. The molecule has 0 aliphatic heterocycles. The molecule has 134 valence electrons. The minimum absolute atomic E-state index is 0.0526. The van der Waals surface area contributed by atoms with E-state index in [2.05, 4.69) is 9.71 Å². The highest BCUT2D eigenvalue weighted by Crippen LogP contribution is 2.29. The van der Waals surface area contributed by atoms with Crippen LogP contribution in [0.1, 0.15) is 15.9 Å². The molecule has 0 bridgehead atoms. The van der Waals surface area contributed by atoms with Crippen LogP contribution in [0, 0.1) is 6.92 Å². The number of carbonyl (C=O) groups is 1. The lowest BCUT2D eigenvalue weighted by atomic mass is 10.1. The molecule has 0 saturated heterocycles. The number of fused-ring (bicyclic) bond motifs is 1. The predicted octanol–water partition coefficient (Wildman–Crippen LogP) is 2.99. The highest BCUT2D eigenvalue weighted by atomic mass is 35.5. The van der Waals surface area contributed by atoms with Crippen LogP contribution in [-0.4, -0.2) is 24.5 Å². The average molecular weight is 393 g/mol. The molecule has 0 spiro atoms. The maximum atomic E-state index is 12.7. The molecule has 3 aromatic rings. The minimum atomic E-state index is -4.07. The Balaban J connectivity index is 2.10. The summed E-state index contributed by atoms with van der Waals surface area (Å²) < 4.78 is 27.7. The zero-order valence-corrected chi connectivity index (χ0v) is 15.0. The molecule has 3 N–H and O–H groups in total. The maximum Gasteiger partial charge on any atom is 0.335 e. The number of carboxylic acid groups (broad SMARTS) is 1. The molecular weight excluding hydrogens is 380 g/mol. The largest absolute Gasteiger partial charge is 0.478 e. The van der Waals surface area contributed by atoms with Crippen LogP contribution in [0.3, 0.4) is 0 Å². The first-order valence-corrected chi connectivity index (χ1v) is 9.23. The Hall–Kier alpha value is -2.84. The van der Waals surface area contributed by atoms with E-state index in [1.807, 2.05) is 0 Å². The van der Waals surface area contributed by atoms with Gasteiger partial charge in [-0.3, -0.25) is 9.52 Å². The van der Waals surface area contributed by atoms with Gasteiger partial charge in [0.2, 0.25) is 5.56 Å². The number of aromatic carboxylic acids is 1. The molecule has 1 heterocycles. The van der Waals surface area contributed by atoms with Gasteiger partial charge in [-0.15, -0.1) is 0 Å². The predicted molar refractivity (Wildman–Crippen MR) is 98.5 cm³/mol. The molecule has 0 unspecified atom stereocenters. The lowest BCUT2D eigenvalue weighted by molar-refractivity contribution is 0.0697. The Morgan fingerprint density at radius 2 is 1.92 bits per heavy atom. The van der Waals surface area contributed by atoms with E-state index in [4.69, 9.17) is 16.7 Å². The first-order chi connectivity index (χ1) is 12.2. The number of carboxylic acids is 1. The van der Waals surface area contributed by atoms with Crippen molar-refractivity contribution in [3.05, 3.63) is 69.0 Å². The summed E-state index contributed by atoms with van der Waals surface area (Å²) >= 11 is 6.11. The first kappa shape index (κ1) is 18.0. The quantitative estimate of drug-likeness (QED) is 0.631. The van der Waals surface area contributed by atoms with E-state index in [0.29, 0.717) is 16.5 Å². The van der Waals surface area contributed by atoms with Gasteiger partial charge in [0.15, 0.2) is 0 Å². The topological polar surface area (TPSA) is 116 Å². The van der Waals surface area contributed by atoms with Gasteiger partial charge in [-0.2, -0.15) is 0 Å². The number of aromatic amines is 1. The molecule has 0 saturated carbocycles. The number of anilines is 1. The van der Waals surface area contributed by atoms with E-state index in [9.17, 15) is 18.0 Å². The molecule has 7 nitrogen and oxygen atoms in total. The third kappa shape index (κ3) is 3.42. The normalized spacial score (nSPS) is 11.5. The molecule has 26 heavy (non-hydrogen) atoms. The van der Waals surface area contributed by atoms with E-state index in [-0.39, 0.29) is 26.7 Å². The van der Waals surface area contributed by atoms with E-state index in [0.717, 1.165) is 0 Å². The van der Waals surface area contributed by atoms with Gasteiger partial charge in [0.1, 0.15) is 4.90 Å². The average Bonchev–Trinajstić information content (AvgIpc) is 2.53. The maximum absolute atomic E-state index is 12.7. The molecular formula is C17H13ClN2O5S. The monoisotopic (exact) mass is 392 g/mol. The van der Waals surface area contributed by atoms with Crippen LogP contribution in [0.5, 0.6) is 0 Å². The van der Waals surface area contributed by atoms with Crippen LogP contribution in [0.25, 0.3) is 10.9 Å². The van der Waals surface area contributed by atoms with Crippen molar-refractivity contribution < 1.29 is 18.3 Å². The summed E-state index contributed by atoms with van der Waals surface area (Å²) in [5.41, 5.74) is 0.754. The minimum Gasteiger partial charge on any atom is -0.478 e. The van der Waals surface area contributed by atoms with Gasteiger partial charge in [0.05, 0.1) is 16.1 Å². The molecule has 0 amide bonds. The van der Waals surface area contributed by atoms with Crippen LogP contribution in [-0.2, 0) is 10.0 Å². The number of hydrogen-bond acceptors (Lipinski definition) is 4. The van der Waals surface area contributed by atoms with E-state index >= 15 is 0 Å². The molecule has 1 aromatic heterocycles. The van der Waals surface area contributed by atoms with Gasteiger partial charge >= 0.3 is 5.97 Å². The fourth-order valence-corrected chi connectivity index (χ4v) is 4.16. The van der Waals surface area contributed by atoms with Gasteiger partial charge in [-0.05, 0) is 42.8 Å². The van der Waals surface area contributed by atoms with Crippen molar-refractivity contribution in [1.82, 2.24) is 4.98 Å². The Morgan fingerprint density at radius 1 is 1.19 bits per heavy atom. The SMILES string of the molecule is Cc1cc(=O)[nH]c2cc(Cl)c(S(=O)(=O)Nc3cccc(C(=O)O)c3)cc12. The smallest absolute Gasteiger partial charge is 0.335 e. The van der Waals surface area contributed by atoms with Crippen molar-refractivity contribution in [2.75, 3.05) is 4.72 Å². The molecule has 0 radical (unpaired) electrons. The molecule has 0 aliphatic carbocycles. The first-order valence-electron chi connectivity index (χ1n) is 7.37. The second kappa shape index (κ2) is 6.47. The van der Waals surface area contributed by atoms with Crippen LogP contribution in [0.15, 0.2) is 52.2 Å². The zero-order chi connectivity index (χ0) is 19.1. The number of rotatable bonds is 4. The number of nitrogens with one attached hydrogen (secondary N) is 2. The van der Waals surface area contributed by atoms with Gasteiger partial charge in [0.25, 0.3) is 10.0 Å². The van der Waals surface area contributed by atoms with Crippen molar-refractivity contribution in [1.29, 1.82) is 0 Å². The number of halogens is 1. The van der Waals surface area contributed by atoms with Gasteiger partial charge in [0, 0.05) is 17.1 Å². The molecule has 3 rings (SSSR count). The lowest BCUT2D eigenvalue weighted by Gasteiger charge is -2.12. The number of aromatic nitrogens is 1. The van der Waals surface area contributed by atoms with Crippen molar-refractivity contribution in [2.45, 2.75) is 11.8 Å². The van der Waals surface area contributed by atoms with Crippen molar-refractivity contribution in [2.24, 2.45) is 0 Å². The summed E-state index contributed by atoms with van der Waals surface area (Å²) in [6.07, 6.45) is 0. The standard InChI is InChI=1S/C17H13ClN2O5S/c1-9-5-16(21)19-14-8-13(18)15(7-12(9)14)26(24,25)20-11-4-2-3-10(6-11)17(22)23/h2-8,20H,1H3,(H,19,21)(H,22,23).